The number of amides is 2. The number of benzene rings is 1. The predicted octanol–water partition coefficient (Wildman–Crippen LogP) is 0.802. The minimum Gasteiger partial charge on any atom is -0.355 e. The summed E-state index contributed by atoms with van der Waals surface area (Å²) in [6.45, 7) is 2.81. The lowest BCUT2D eigenvalue weighted by Crippen LogP contribution is -2.47. The van der Waals surface area contributed by atoms with Crippen molar-refractivity contribution in [3.63, 3.8) is 0 Å². The van der Waals surface area contributed by atoms with Crippen LogP contribution in [0.4, 0.5) is 5.69 Å². The van der Waals surface area contributed by atoms with Gasteiger partial charge in [0.05, 0.1) is 6.54 Å². The molecule has 0 saturated carbocycles. The molecule has 1 saturated heterocycles. The molecular formula is C14H19N3O2. The summed E-state index contributed by atoms with van der Waals surface area (Å²) in [7, 11) is 0. The lowest BCUT2D eigenvalue weighted by atomic mass is 10.1. The van der Waals surface area contributed by atoms with Gasteiger partial charge < -0.3 is 16.0 Å². The average molecular weight is 261 g/mol. The topological polar surface area (TPSA) is 70.2 Å². The first-order chi connectivity index (χ1) is 9.15. The van der Waals surface area contributed by atoms with Crippen molar-refractivity contribution in [2.45, 2.75) is 25.8 Å². The number of carbonyl (C=O) groups excluding carboxylic acids is 2. The predicted molar refractivity (Wildman–Crippen MR) is 73.8 cm³/mol. The summed E-state index contributed by atoms with van der Waals surface area (Å²) in [5.74, 6) is 0.0219. The first-order valence-corrected chi connectivity index (χ1v) is 6.50. The van der Waals surface area contributed by atoms with Gasteiger partial charge in [0, 0.05) is 24.7 Å². The Morgan fingerprint density at radius 1 is 1.42 bits per heavy atom. The van der Waals surface area contributed by atoms with Crippen LogP contribution in [0.15, 0.2) is 24.3 Å². The molecule has 1 atom stereocenters. The number of rotatable bonds is 4. The van der Waals surface area contributed by atoms with E-state index < -0.39 is 0 Å². The first-order valence-electron chi connectivity index (χ1n) is 6.50. The Hall–Kier alpha value is -1.88. The van der Waals surface area contributed by atoms with Gasteiger partial charge in [0.25, 0.3) is 0 Å². The third-order valence-corrected chi connectivity index (χ3v) is 3.24. The molecule has 1 aliphatic rings. The van der Waals surface area contributed by atoms with Crippen LogP contribution in [-0.4, -0.2) is 30.9 Å². The summed E-state index contributed by atoms with van der Waals surface area (Å²) in [6.07, 6.45) is 1.31. The van der Waals surface area contributed by atoms with Crippen molar-refractivity contribution in [1.82, 2.24) is 10.6 Å². The van der Waals surface area contributed by atoms with Crippen molar-refractivity contribution < 1.29 is 9.59 Å². The molecule has 0 radical (unpaired) electrons. The summed E-state index contributed by atoms with van der Waals surface area (Å²) in [5, 5.41) is 8.81. The van der Waals surface area contributed by atoms with Crippen LogP contribution in [0.2, 0.25) is 0 Å². The second-order valence-corrected chi connectivity index (χ2v) is 4.78. The van der Waals surface area contributed by atoms with Crippen LogP contribution in [0.3, 0.4) is 0 Å². The molecule has 0 aromatic heterocycles. The molecule has 1 aromatic carbocycles. The molecule has 2 rings (SSSR count). The van der Waals surface area contributed by atoms with Crippen molar-refractivity contribution in [3.05, 3.63) is 29.8 Å². The van der Waals surface area contributed by atoms with Gasteiger partial charge in [-0.1, -0.05) is 18.2 Å². The van der Waals surface area contributed by atoms with Gasteiger partial charge >= 0.3 is 0 Å². The van der Waals surface area contributed by atoms with Gasteiger partial charge in [-0.15, -0.1) is 0 Å². The fourth-order valence-electron chi connectivity index (χ4n) is 2.05. The fraction of sp³-hybridized carbons (Fsp3) is 0.429. The van der Waals surface area contributed by atoms with Gasteiger partial charge in [0.1, 0.15) is 0 Å². The van der Waals surface area contributed by atoms with Gasteiger partial charge in [-0.2, -0.15) is 0 Å². The van der Waals surface area contributed by atoms with Crippen LogP contribution in [0.5, 0.6) is 0 Å². The van der Waals surface area contributed by atoms with Crippen molar-refractivity contribution in [2.24, 2.45) is 0 Å². The zero-order chi connectivity index (χ0) is 13.7. The maximum absolute atomic E-state index is 11.8. The number of hydrogen-bond acceptors (Lipinski definition) is 3. The van der Waals surface area contributed by atoms with E-state index in [9.17, 15) is 9.59 Å². The van der Waals surface area contributed by atoms with E-state index in [0.717, 1.165) is 17.7 Å². The zero-order valence-electron chi connectivity index (χ0n) is 11.0. The molecule has 19 heavy (non-hydrogen) atoms. The summed E-state index contributed by atoms with van der Waals surface area (Å²) < 4.78 is 0. The third kappa shape index (κ3) is 4.06. The van der Waals surface area contributed by atoms with Gasteiger partial charge in [0.15, 0.2) is 0 Å². The highest BCUT2D eigenvalue weighted by Gasteiger charge is 2.18. The lowest BCUT2D eigenvalue weighted by Gasteiger charge is -2.23. The van der Waals surface area contributed by atoms with E-state index in [1.807, 2.05) is 31.2 Å². The molecule has 0 bridgehead atoms. The Morgan fingerprint density at radius 3 is 2.89 bits per heavy atom. The third-order valence-electron chi connectivity index (χ3n) is 3.24. The normalized spacial score (nSPS) is 18.8. The van der Waals surface area contributed by atoms with Gasteiger partial charge in [-0.3, -0.25) is 9.59 Å². The van der Waals surface area contributed by atoms with Crippen LogP contribution in [0.25, 0.3) is 0 Å². The molecule has 1 aromatic rings. The van der Waals surface area contributed by atoms with E-state index in [-0.39, 0.29) is 24.4 Å². The van der Waals surface area contributed by atoms with Crippen molar-refractivity contribution in [3.8, 4) is 0 Å². The van der Waals surface area contributed by atoms with E-state index in [0.29, 0.717) is 13.0 Å². The molecule has 5 heteroatoms. The molecule has 1 heterocycles. The van der Waals surface area contributed by atoms with Crippen molar-refractivity contribution in [1.29, 1.82) is 0 Å². The fourth-order valence-corrected chi connectivity index (χ4v) is 2.05. The number of anilines is 1. The quantitative estimate of drug-likeness (QED) is 0.751. The number of piperidine rings is 1. The maximum atomic E-state index is 11.8. The monoisotopic (exact) mass is 261 g/mol. The highest BCUT2D eigenvalue weighted by Crippen LogP contribution is 2.12. The largest absolute Gasteiger partial charge is 0.355 e. The summed E-state index contributed by atoms with van der Waals surface area (Å²) >= 11 is 0. The molecule has 3 N–H and O–H groups in total. The Labute approximate surface area is 112 Å². The molecule has 0 aliphatic carbocycles. The molecule has 1 fully saturated rings. The molecule has 0 spiro atoms. The van der Waals surface area contributed by atoms with Crippen molar-refractivity contribution >= 4 is 17.5 Å². The zero-order valence-corrected chi connectivity index (χ0v) is 11.0. The molecule has 5 nitrogen and oxygen atoms in total. The van der Waals surface area contributed by atoms with Crippen LogP contribution < -0.4 is 16.0 Å². The highest BCUT2D eigenvalue weighted by molar-refractivity contribution is 5.92. The second-order valence-electron chi connectivity index (χ2n) is 4.78. The van der Waals surface area contributed by atoms with E-state index in [1.165, 1.54) is 0 Å². The Balaban J connectivity index is 1.76. The second kappa shape index (κ2) is 6.33. The van der Waals surface area contributed by atoms with Crippen LogP contribution in [0.1, 0.15) is 18.4 Å². The van der Waals surface area contributed by atoms with E-state index >= 15 is 0 Å². The smallest absolute Gasteiger partial charge is 0.238 e. The van der Waals surface area contributed by atoms with Gasteiger partial charge in [0.2, 0.25) is 11.8 Å². The molecule has 1 unspecified atom stereocenters. The molecule has 102 valence electrons. The summed E-state index contributed by atoms with van der Waals surface area (Å²) in [4.78, 5) is 22.8. The lowest BCUT2D eigenvalue weighted by molar-refractivity contribution is -0.122. The number of carbonyl (C=O) groups is 2. The number of hydrogen-bond donors (Lipinski definition) is 3. The summed E-state index contributed by atoms with van der Waals surface area (Å²) in [5.41, 5.74) is 1.88. The molecular weight excluding hydrogens is 242 g/mol. The SMILES string of the molecule is Cc1ccccc1NC(=O)CNC1CCC(=O)NC1. The average Bonchev–Trinajstić information content (AvgIpc) is 2.41. The Morgan fingerprint density at radius 2 is 2.21 bits per heavy atom. The highest BCUT2D eigenvalue weighted by atomic mass is 16.2. The Bertz CT molecular complexity index is 464. The summed E-state index contributed by atoms with van der Waals surface area (Å²) in [6, 6.07) is 7.86. The molecule has 2 amide bonds. The van der Waals surface area contributed by atoms with E-state index in [1.54, 1.807) is 0 Å². The number of para-hydroxylation sites is 1. The maximum Gasteiger partial charge on any atom is 0.238 e. The minimum absolute atomic E-state index is 0.0637. The van der Waals surface area contributed by atoms with Crippen molar-refractivity contribution in [2.75, 3.05) is 18.4 Å². The van der Waals surface area contributed by atoms with Crippen LogP contribution in [-0.2, 0) is 9.59 Å². The number of nitrogens with one attached hydrogen (secondary N) is 3. The van der Waals surface area contributed by atoms with Gasteiger partial charge in [-0.05, 0) is 25.0 Å². The van der Waals surface area contributed by atoms with Crippen LogP contribution >= 0.6 is 0 Å². The standard InChI is InChI=1S/C14H19N3O2/c1-10-4-2-3-5-12(10)17-14(19)9-15-11-6-7-13(18)16-8-11/h2-5,11,15H,6-9H2,1H3,(H,16,18)(H,17,19). The van der Waals surface area contributed by atoms with Crippen LogP contribution in [0, 0.1) is 6.92 Å². The molecule has 1 aliphatic heterocycles. The minimum atomic E-state index is -0.0637. The number of aryl methyl sites for hydroxylation is 1. The first kappa shape index (κ1) is 13.5. The van der Waals surface area contributed by atoms with E-state index in [4.69, 9.17) is 0 Å². The Kier molecular flexibility index (Phi) is 4.52. The van der Waals surface area contributed by atoms with E-state index in [2.05, 4.69) is 16.0 Å². The van der Waals surface area contributed by atoms with Gasteiger partial charge in [-0.25, -0.2) is 0 Å².